The summed E-state index contributed by atoms with van der Waals surface area (Å²) in [4.78, 5) is 57.1. The van der Waals surface area contributed by atoms with Crippen molar-refractivity contribution in [3.05, 3.63) is 160 Å². The number of aromatic amines is 1. The Labute approximate surface area is 367 Å². The minimum Gasteiger partial charge on any atom is -0.506 e. The van der Waals surface area contributed by atoms with Crippen LogP contribution in [0.15, 0.2) is 132 Å². The Bertz CT molecular complexity index is 2550. The second-order valence-electron chi connectivity index (χ2n) is 16.3. The Morgan fingerprint density at radius 3 is 2.29 bits per heavy atom. The molecule has 0 saturated carbocycles. The molecule has 1 saturated heterocycles. The highest BCUT2D eigenvalue weighted by Gasteiger charge is 2.24. The Morgan fingerprint density at radius 1 is 0.841 bits per heavy atom. The van der Waals surface area contributed by atoms with E-state index < -0.39 is 12.2 Å². The molecule has 1 unspecified atom stereocenters. The summed E-state index contributed by atoms with van der Waals surface area (Å²) in [7, 11) is 1.76. The minimum absolute atomic E-state index is 0.00397. The molecule has 1 fully saturated rings. The minimum atomic E-state index is -0.761. The van der Waals surface area contributed by atoms with Crippen molar-refractivity contribution >= 4 is 40.2 Å². The van der Waals surface area contributed by atoms with Gasteiger partial charge in [-0.2, -0.15) is 0 Å². The topological polar surface area (TPSA) is 164 Å². The highest BCUT2D eigenvalue weighted by Crippen LogP contribution is 2.33. The number of phenols is 1. The molecule has 5 aromatic carbocycles. The number of aliphatic hydroxyl groups is 1. The SMILES string of the molecule is CC(CC[C@H](O)c1ccc(O)c2[nH]c(=O)ccc12)c1ccc(CNC(=O)Cc2ccc(N(C)C(=O)CCN3CCC(OC(=O)Nc4ccccc4-c4ccccc4)CC3)cc2)cc1. The van der Waals surface area contributed by atoms with E-state index >= 15 is 0 Å². The van der Waals surface area contributed by atoms with Gasteiger partial charge in [0.25, 0.3) is 0 Å². The van der Waals surface area contributed by atoms with Crippen molar-refractivity contribution in [3.8, 4) is 16.9 Å². The van der Waals surface area contributed by atoms with Crippen molar-refractivity contribution in [1.29, 1.82) is 0 Å². The molecule has 2 atom stereocenters. The van der Waals surface area contributed by atoms with Crippen molar-refractivity contribution in [3.63, 3.8) is 0 Å². The van der Waals surface area contributed by atoms with Gasteiger partial charge in [-0.15, -0.1) is 0 Å². The van der Waals surface area contributed by atoms with Gasteiger partial charge < -0.3 is 35.1 Å². The molecule has 1 aromatic heterocycles. The van der Waals surface area contributed by atoms with Crippen LogP contribution in [0.25, 0.3) is 22.0 Å². The second kappa shape index (κ2) is 20.9. The molecule has 0 aliphatic carbocycles. The maximum atomic E-state index is 13.1. The van der Waals surface area contributed by atoms with E-state index in [1.54, 1.807) is 24.1 Å². The van der Waals surface area contributed by atoms with E-state index in [2.05, 4.69) is 27.4 Å². The van der Waals surface area contributed by atoms with Crippen LogP contribution in [0.3, 0.4) is 0 Å². The number of aromatic nitrogens is 1. The van der Waals surface area contributed by atoms with Gasteiger partial charge in [0.1, 0.15) is 11.9 Å². The van der Waals surface area contributed by atoms with Crippen molar-refractivity contribution in [2.45, 2.75) is 70.1 Å². The Hall–Kier alpha value is -6.76. The summed E-state index contributed by atoms with van der Waals surface area (Å²) in [6, 6.07) is 39.3. The van der Waals surface area contributed by atoms with Crippen LogP contribution in [0.1, 0.15) is 73.3 Å². The zero-order chi connectivity index (χ0) is 44.3. The standard InChI is InChI=1S/C51H55N5O7/c1-34(12-23-45(57)42-21-24-46(58)50-43(42)22-25-47(59)54-50)37-17-13-36(14-18-37)33-52-48(60)32-35-15-19-39(20-16-35)55(2)49(61)28-31-56-29-26-40(27-30-56)63-51(62)53-44-11-7-6-10-41(44)38-8-4-3-5-9-38/h3-11,13-22,24-25,34,40,45,57-58H,12,23,26-33H2,1-2H3,(H,52,60)(H,53,62)(H,54,59)/t34?,45-/m0/s1. The van der Waals surface area contributed by atoms with Gasteiger partial charge in [-0.25, -0.2) is 4.79 Å². The summed E-state index contributed by atoms with van der Waals surface area (Å²) in [5.41, 5.74) is 7.00. The Morgan fingerprint density at radius 2 is 1.54 bits per heavy atom. The zero-order valence-electron chi connectivity index (χ0n) is 35.8. The van der Waals surface area contributed by atoms with Crippen LogP contribution < -0.4 is 21.1 Å². The highest BCUT2D eigenvalue weighted by atomic mass is 16.6. The van der Waals surface area contributed by atoms with E-state index in [9.17, 15) is 29.4 Å². The number of carbonyl (C=O) groups is 3. The van der Waals surface area contributed by atoms with Crippen LogP contribution >= 0.6 is 0 Å². The number of hydrogen-bond acceptors (Lipinski definition) is 8. The van der Waals surface area contributed by atoms with Gasteiger partial charge in [-0.3, -0.25) is 19.7 Å². The van der Waals surface area contributed by atoms with E-state index in [0.29, 0.717) is 60.9 Å². The second-order valence-corrected chi connectivity index (χ2v) is 16.3. The number of likely N-dealkylation sites (tertiary alicyclic amines) is 1. The van der Waals surface area contributed by atoms with Crippen molar-refractivity contribution in [2.75, 3.05) is 36.9 Å². The Balaban J connectivity index is 0.788. The van der Waals surface area contributed by atoms with Gasteiger partial charge in [-0.05, 0) is 89.8 Å². The van der Waals surface area contributed by atoms with E-state index in [-0.39, 0.29) is 41.6 Å². The van der Waals surface area contributed by atoms with Gasteiger partial charge in [0.2, 0.25) is 17.4 Å². The molecular weight excluding hydrogens is 795 g/mol. The van der Waals surface area contributed by atoms with Crippen LogP contribution in [-0.2, 0) is 27.3 Å². The summed E-state index contributed by atoms with van der Waals surface area (Å²) < 4.78 is 5.78. The first kappa shape index (κ1) is 44.3. The maximum Gasteiger partial charge on any atom is 0.411 e. The average molecular weight is 850 g/mol. The number of aromatic hydroxyl groups is 1. The monoisotopic (exact) mass is 849 g/mol. The first-order chi connectivity index (χ1) is 30.5. The molecule has 5 N–H and O–H groups in total. The van der Waals surface area contributed by atoms with E-state index in [0.717, 1.165) is 53.0 Å². The number of amides is 3. The number of ether oxygens (including phenoxy) is 1. The van der Waals surface area contributed by atoms with Crippen molar-refractivity contribution in [2.24, 2.45) is 0 Å². The predicted molar refractivity (Wildman–Crippen MR) is 247 cm³/mol. The lowest BCUT2D eigenvalue weighted by molar-refractivity contribution is -0.120. The maximum absolute atomic E-state index is 13.1. The summed E-state index contributed by atoms with van der Waals surface area (Å²) in [5.74, 6) is 0.0282. The number of para-hydroxylation sites is 1. The number of H-pyrrole nitrogens is 1. The fourth-order valence-electron chi connectivity index (χ4n) is 8.10. The number of hydrogen-bond donors (Lipinski definition) is 5. The van der Waals surface area contributed by atoms with E-state index in [4.69, 9.17) is 4.74 Å². The highest BCUT2D eigenvalue weighted by molar-refractivity contribution is 5.93. The third kappa shape index (κ3) is 11.8. The lowest BCUT2D eigenvalue weighted by Gasteiger charge is -2.31. The molecule has 1 aliphatic rings. The van der Waals surface area contributed by atoms with E-state index in [1.807, 2.05) is 103 Å². The number of aliphatic hydroxyl groups excluding tert-OH is 1. The molecule has 2 heterocycles. The van der Waals surface area contributed by atoms with Crippen LogP contribution in [0.4, 0.5) is 16.2 Å². The van der Waals surface area contributed by atoms with E-state index in [1.165, 1.54) is 12.1 Å². The molecule has 3 amide bonds. The van der Waals surface area contributed by atoms with Crippen molar-refractivity contribution in [1.82, 2.24) is 15.2 Å². The van der Waals surface area contributed by atoms with Crippen LogP contribution in [0, 0.1) is 0 Å². The smallest absolute Gasteiger partial charge is 0.411 e. The number of phenolic OH excluding ortho intramolecular Hbond substituents is 1. The average Bonchev–Trinajstić information content (AvgIpc) is 3.30. The number of anilines is 2. The molecule has 6 aromatic rings. The quantitative estimate of drug-likeness (QED) is 0.0648. The molecule has 12 heteroatoms. The van der Waals surface area contributed by atoms with Crippen LogP contribution in [0.2, 0.25) is 0 Å². The molecule has 0 bridgehead atoms. The molecule has 12 nitrogen and oxygen atoms in total. The molecule has 63 heavy (non-hydrogen) atoms. The lowest BCUT2D eigenvalue weighted by atomic mass is 9.91. The number of nitrogens with zero attached hydrogens (tertiary/aromatic N) is 2. The number of nitrogens with one attached hydrogen (secondary N) is 3. The fourth-order valence-corrected chi connectivity index (χ4v) is 8.10. The summed E-state index contributed by atoms with van der Waals surface area (Å²) in [6.45, 7) is 4.58. The molecule has 0 radical (unpaired) electrons. The number of fused-ring (bicyclic) bond motifs is 1. The molecular formula is C51H55N5O7. The summed E-state index contributed by atoms with van der Waals surface area (Å²) in [5, 5.41) is 27.7. The lowest BCUT2D eigenvalue weighted by Crippen LogP contribution is -2.40. The third-order valence-electron chi connectivity index (χ3n) is 11.9. The third-order valence-corrected chi connectivity index (χ3v) is 11.9. The van der Waals surface area contributed by atoms with Gasteiger partial charge >= 0.3 is 6.09 Å². The first-order valence-corrected chi connectivity index (χ1v) is 21.6. The van der Waals surface area contributed by atoms with Crippen LogP contribution in [0.5, 0.6) is 5.75 Å². The van der Waals surface area contributed by atoms with Crippen molar-refractivity contribution < 1.29 is 29.3 Å². The first-order valence-electron chi connectivity index (χ1n) is 21.6. The number of benzene rings is 5. The molecule has 1 aliphatic heterocycles. The molecule has 326 valence electrons. The predicted octanol–water partition coefficient (Wildman–Crippen LogP) is 8.44. The molecule has 0 spiro atoms. The number of piperidine rings is 1. The van der Waals surface area contributed by atoms with Gasteiger partial charge in [0.15, 0.2) is 0 Å². The zero-order valence-corrected chi connectivity index (χ0v) is 35.8. The van der Waals surface area contributed by atoms with Gasteiger partial charge in [0.05, 0.1) is 23.7 Å². The van der Waals surface area contributed by atoms with Gasteiger partial charge in [-0.1, -0.05) is 97.9 Å². The normalized spacial score (nSPS) is 14.1. The Kier molecular flexibility index (Phi) is 14.7. The summed E-state index contributed by atoms with van der Waals surface area (Å²) >= 11 is 0. The number of rotatable bonds is 16. The molecule has 7 rings (SSSR count). The largest absolute Gasteiger partial charge is 0.506 e. The number of carbonyl (C=O) groups excluding carboxylic acids is 3. The summed E-state index contributed by atoms with van der Waals surface area (Å²) in [6.07, 6.45) is 1.76. The van der Waals surface area contributed by atoms with Crippen LogP contribution in [-0.4, -0.2) is 70.8 Å². The number of pyridine rings is 1. The van der Waals surface area contributed by atoms with Gasteiger partial charge in [0, 0.05) is 62.4 Å². The fraction of sp³-hybridized carbons (Fsp3) is 0.294.